The highest BCUT2D eigenvalue weighted by molar-refractivity contribution is 5.68. The Bertz CT molecular complexity index is 284. The second kappa shape index (κ2) is 8.77. The van der Waals surface area contributed by atoms with Gasteiger partial charge in [0.2, 0.25) is 0 Å². The predicted molar refractivity (Wildman–Crippen MR) is 74.2 cm³/mol. The minimum atomic E-state index is -0.746. The van der Waals surface area contributed by atoms with E-state index in [1.165, 1.54) is 0 Å². The summed E-state index contributed by atoms with van der Waals surface area (Å²) in [7, 11) is 0. The van der Waals surface area contributed by atoms with Gasteiger partial charge < -0.3 is 14.7 Å². The molecule has 112 valence electrons. The number of carbonyl (C=O) groups excluding carboxylic acids is 1. The van der Waals surface area contributed by atoms with Gasteiger partial charge in [0, 0.05) is 19.5 Å². The summed E-state index contributed by atoms with van der Waals surface area (Å²) in [6.45, 7) is 8.77. The molecule has 1 amide bonds. The average Bonchev–Trinajstić information content (AvgIpc) is 2.25. The van der Waals surface area contributed by atoms with Crippen LogP contribution in [0.5, 0.6) is 0 Å². The first-order chi connectivity index (χ1) is 8.76. The van der Waals surface area contributed by atoms with Crippen molar-refractivity contribution in [2.75, 3.05) is 13.1 Å². The summed E-state index contributed by atoms with van der Waals surface area (Å²) in [4.78, 5) is 23.8. The molecule has 0 aromatic heterocycles. The van der Waals surface area contributed by atoms with Crippen molar-refractivity contribution in [3.63, 3.8) is 0 Å². The molecule has 0 aliphatic rings. The molecule has 0 aliphatic carbocycles. The number of hydrogen-bond donors (Lipinski definition) is 1. The van der Waals surface area contributed by atoms with Crippen molar-refractivity contribution in [3.8, 4) is 0 Å². The van der Waals surface area contributed by atoms with Crippen LogP contribution in [0.25, 0.3) is 0 Å². The Morgan fingerprint density at radius 3 is 2.16 bits per heavy atom. The lowest BCUT2D eigenvalue weighted by Gasteiger charge is -2.26. The first kappa shape index (κ1) is 17.7. The van der Waals surface area contributed by atoms with Crippen molar-refractivity contribution >= 4 is 12.1 Å². The number of unbranched alkanes of at least 4 members (excludes halogenated alkanes) is 3. The second-order valence-corrected chi connectivity index (χ2v) is 5.62. The van der Waals surface area contributed by atoms with Crippen LogP contribution >= 0.6 is 0 Å². The molecule has 0 saturated heterocycles. The molecule has 0 radical (unpaired) electrons. The number of carboxylic acids is 1. The van der Waals surface area contributed by atoms with Gasteiger partial charge in [-0.25, -0.2) is 4.79 Å². The summed E-state index contributed by atoms with van der Waals surface area (Å²) in [5.74, 6) is -0.746. The molecular weight excluding hydrogens is 246 g/mol. The summed E-state index contributed by atoms with van der Waals surface area (Å²) in [6.07, 6.45) is 3.36. The molecule has 0 unspecified atom stereocenters. The summed E-state index contributed by atoms with van der Waals surface area (Å²) < 4.78 is 5.31. The van der Waals surface area contributed by atoms with Crippen molar-refractivity contribution < 1.29 is 19.4 Å². The minimum absolute atomic E-state index is 0.226. The zero-order valence-electron chi connectivity index (χ0n) is 12.6. The van der Waals surface area contributed by atoms with E-state index in [1.54, 1.807) is 4.90 Å². The van der Waals surface area contributed by atoms with Gasteiger partial charge in [-0.05, 0) is 40.5 Å². The van der Waals surface area contributed by atoms with E-state index in [2.05, 4.69) is 0 Å². The monoisotopic (exact) mass is 273 g/mol. The van der Waals surface area contributed by atoms with Crippen LogP contribution in [0.4, 0.5) is 4.79 Å². The van der Waals surface area contributed by atoms with Crippen molar-refractivity contribution in [1.82, 2.24) is 4.90 Å². The summed E-state index contributed by atoms with van der Waals surface area (Å²) in [6, 6.07) is 0. The number of aliphatic carboxylic acids is 1. The molecule has 0 spiro atoms. The van der Waals surface area contributed by atoms with Gasteiger partial charge in [0.15, 0.2) is 0 Å². The molecule has 0 bridgehead atoms. The third kappa shape index (κ3) is 10.4. The molecular formula is C14H27NO4. The molecule has 0 rings (SSSR count). The van der Waals surface area contributed by atoms with Crippen LogP contribution in [0.2, 0.25) is 0 Å². The van der Waals surface area contributed by atoms with E-state index in [-0.39, 0.29) is 12.5 Å². The quantitative estimate of drug-likeness (QED) is 0.689. The molecule has 0 fully saturated rings. The lowest BCUT2D eigenvalue weighted by molar-refractivity contribution is -0.137. The van der Waals surface area contributed by atoms with Crippen LogP contribution in [0.3, 0.4) is 0 Å². The molecule has 19 heavy (non-hydrogen) atoms. The first-order valence-corrected chi connectivity index (χ1v) is 6.96. The van der Waals surface area contributed by atoms with Crippen molar-refractivity contribution in [2.45, 2.75) is 65.4 Å². The molecule has 5 heteroatoms. The zero-order valence-corrected chi connectivity index (χ0v) is 12.6. The molecule has 0 aliphatic heterocycles. The van der Waals surface area contributed by atoms with Gasteiger partial charge in [-0.2, -0.15) is 0 Å². The number of amides is 1. The molecule has 0 aromatic carbocycles. The summed E-state index contributed by atoms with van der Waals surface area (Å²) >= 11 is 0. The van der Waals surface area contributed by atoms with E-state index in [1.807, 2.05) is 27.7 Å². The number of hydrogen-bond acceptors (Lipinski definition) is 3. The van der Waals surface area contributed by atoms with Crippen molar-refractivity contribution in [1.29, 1.82) is 0 Å². The van der Waals surface area contributed by atoms with Crippen molar-refractivity contribution in [2.24, 2.45) is 0 Å². The van der Waals surface area contributed by atoms with Crippen LogP contribution in [0.1, 0.15) is 59.8 Å². The molecule has 0 atom stereocenters. The Morgan fingerprint density at radius 2 is 1.68 bits per heavy atom. The first-order valence-electron chi connectivity index (χ1n) is 6.96. The van der Waals surface area contributed by atoms with Crippen LogP contribution in [0, 0.1) is 0 Å². The second-order valence-electron chi connectivity index (χ2n) is 5.62. The molecule has 0 aromatic rings. The van der Waals surface area contributed by atoms with Gasteiger partial charge >= 0.3 is 12.1 Å². The third-order valence-corrected chi connectivity index (χ3v) is 2.60. The van der Waals surface area contributed by atoms with E-state index in [9.17, 15) is 9.59 Å². The topological polar surface area (TPSA) is 66.8 Å². The highest BCUT2D eigenvalue weighted by Gasteiger charge is 2.20. The lowest BCUT2D eigenvalue weighted by atomic mass is 10.1. The molecule has 1 N–H and O–H groups in total. The Balaban J connectivity index is 3.82. The average molecular weight is 273 g/mol. The van der Waals surface area contributed by atoms with Crippen molar-refractivity contribution in [3.05, 3.63) is 0 Å². The van der Waals surface area contributed by atoms with Crippen LogP contribution in [-0.4, -0.2) is 40.8 Å². The van der Waals surface area contributed by atoms with Gasteiger partial charge in [-0.1, -0.05) is 12.8 Å². The smallest absolute Gasteiger partial charge is 0.410 e. The van der Waals surface area contributed by atoms with E-state index >= 15 is 0 Å². The lowest BCUT2D eigenvalue weighted by Crippen LogP contribution is -2.37. The standard InChI is InChI=1S/C14H27NO4/c1-5-15(13(18)19-14(2,3)4)11-9-7-6-8-10-12(16)17/h5-11H2,1-4H3,(H,16,17). The maximum Gasteiger partial charge on any atom is 0.410 e. The maximum atomic E-state index is 11.8. The fraction of sp³-hybridized carbons (Fsp3) is 0.857. The molecule has 0 heterocycles. The number of carboxylic acid groups (broad SMARTS) is 1. The Labute approximate surface area is 115 Å². The van der Waals surface area contributed by atoms with Gasteiger partial charge in [-0.3, -0.25) is 4.79 Å². The van der Waals surface area contributed by atoms with Gasteiger partial charge in [-0.15, -0.1) is 0 Å². The maximum absolute atomic E-state index is 11.8. The normalized spacial score (nSPS) is 11.2. The van der Waals surface area contributed by atoms with Gasteiger partial charge in [0.1, 0.15) is 5.60 Å². The fourth-order valence-electron chi connectivity index (χ4n) is 1.64. The number of nitrogens with zero attached hydrogens (tertiary/aromatic N) is 1. The summed E-state index contributed by atoms with van der Waals surface area (Å²) in [5, 5.41) is 8.51. The highest BCUT2D eigenvalue weighted by Crippen LogP contribution is 2.11. The number of rotatable bonds is 8. The van der Waals surface area contributed by atoms with E-state index in [4.69, 9.17) is 9.84 Å². The highest BCUT2D eigenvalue weighted by atomic mass is 16.6. The van der Waals surface area contributed by atoms with Crippen LogP contribution < -0.4 is 0 Å². The predicted octanol–water partition coefficient (Wildman–Crippen LogP) is 3.28. The van der Waals surface area contributed by atoms with E-state index in [0.29, 0.717) is 19.5 Å². The SMILES string of the molecule is CCN(CCCCCCC(=O)O)C(=O)OC(C)(C)C. The molecule has 5 nitrogen and oxygen atoms in total. The Kier molecular flexibility index (Phi) is 8.19. The van der Waals surface area contributed by atoms with E-state index in [0.717, 1.165) is 19.3 Å². The Hall–Kier alpha value is -1.26. The number of ether oxygens (including phenoxy) is 1. The van der Waals surface area contributed by atoms with E-state index < -0.39 is 11.6 Å². The number of carbonyl (C=O) groups is 2. The zero-order chi connectivity index (χ0) is 14.9. The van der Waals surface area contributed by atoms with Gasteiger partial charge in [0.25, 0.3) is 0 Å². The van der Waals surface area contributed by atoms with Crippen LogP contribution in [-0.2, 0) is 9.53 Å². The fourth-order valence-corrected chi connectivity index (χ4v) is 1.64. The molecule has 0 saturated carbocycles. The Morgan fingerprint density at radius 1 is 1.11 bits per heavy atom. The summed E-state index contributed by atoms with van der Waals surface area (Å²) in [5.41, 5.74) is -0.466. The minimum Gasteiger partial charge on any atom is -0.481 e. The van der Waals surface area contributed by atoms with Crippen LogP contribution in [0.15, 0.2) is 0 Å². The largest absolute Gasteiger partial charge is 0.481 e. The third-order valence-electron chi connectivity index (χ3n) is 2.60. The van der Waals surface area contributed by atoms with Gasteiger partial charge in [0.05, 0.1) is 0 Å².